The molecule has 0 aliphatic heterocycles. The molecule has 2 aromatic heterocycles. The molecule has 0 aromatic carbocycles. The van der Waals surface area contributed by atoms with Crippen LogP contribution in [0.1, 0.15) is 47.8 Å². The number of ether oxygens (including phenoxy) is 1. The number of rotatable bonds is 9. The molecule has 2 N–H and O–H groups in total. The number of aromatic nitrogens is 2. The fourth-order valence-corrected chi connectivity index (χ4v) is 2.42. The summed E-state index contributed by atoms with van der Waals surface area (Å²) >= 11 is 0. The summed E-state index contributed by atoms with van der Waals surface area (Å²) in [6, 6.07) is 5.41. The number of imidazole rings is 1. The highest BCUT2D eigenvalue weighted by molar-refractivity contribution is 6.02. The summed E-state index contributed by atoms with van der Waals surface area (Å²) in [4.78, 5) is 29.1. The van der Waals surface area contributed by atoms with Crippen molar-refractivity contribution in [2.45, 2.75) is 26.7 Å². The van der Waals surface area contributed by atoms with Crippen LogP contribution in [0.15, 0.2) is 24.4 Å². The van der Waals surface area contributed by atoms with Gasteiger partial charge in [0.2, 0.25) is 5.82 Å². The van der Waals surface area contributed by atoms with Crippen molar-refractivity contribution in [3.63, 3.8) is 0 Å². The van der Waals surface area contributed by atoms with E-state index in [1.165, 1.54) is 0 Å². The van der Waals surface area contributed by atoms with Crippen molar-refractivity contribution < 1.29 is 14.3 Å². The van der Waals surface area contributed by atoms with Gasteiger partial charge in [0.05, 0.1) is 5.52 Å². The van der Waals surface area contributed by atoms with Crippen molar-refractivity contribution in [3.05, 3.63) is 35.9 Å². The molecule has 7 heteroatoms. The second kappa shape index (κ2) is 9.17. The molecule has 2 aromatic rings. The molecular weight excluding hydrogens is 320 g/mol. The van der Waals surface area contributed by atoms with Crippen LogP contribution in [-0.2, 0) is 4.74 Å². The average molecular weight is 346 g/mol. The van der Waals surface area contributed by atoms with E-state index in [1.807, 2.05) is 6.07 Å². The normalized spacial score (nSPS) is 11.0. The summed E-state index contributed by atoms with van der Waals surface area (Å²) in [5.74, 6) is 0.149. The zero-order valence-electron chi connectivity index (χ0n) is 15.0. The smallest absolute Gasteiger partial charge is 0.287 e. The lowest BCUT2D eigenvalue weighted by molar-refractivity contribution is 0.0937. The summed E-state index contributed by atoms with van der Waals surface area (Å²) in [6.07, 6.45) is 3.34. The van der Waals surface area contributed by atoms with E-state index in [0.29, 0.717) is 37.6 Å². The van der Waals surface area contributed by atoms with Crippen LogP contribution < -0.4 is 10.6 Å². The largest absolute Gasteiger partial charge is 0.385 e. The Kier molecular flexibility index (Phi) is 6.94. The van der Waals surface area contributed by atoms with Gasteiger partial charge < -0.3 is 15.4 Å². The lowest BCUT2D eigenvalue weighted by atomic mass is 10.1. The number of carbonyl (C=O) groups excluding carboxylic acids is 2. The molecule has 0 aliphatic rings. The van der Waals surface area contributed by atoms with E-state index in [2.05, 4.69) is 29.5 Å². The number of amides is 2. The minimum Gasteiger partial charge on any atom is -0.385 e. The molecule has 0 atom stereocenters. The van der Waals surface area contributed by atoms with Gasteiger partial charge in [-0.3, -0.25) is 14.0 Å². The first-order chi connectivity index (χ1) is 12.0. The van der Waals surface area contributed by atoms with Crippen LogP contribution in [0.4, 0.5) is 0 Å². The molecule has 7 nitrogen and oxygen atoms in total. The first kappa shape index (κ1) is 18.9. The first-order valence-electron chi connectivity index (χ1n) is 8.57. The predicted molar refractivity (Wildman–Crippen MR) is 95.8 cm³/mol. The van der Waals surface area contributed by atoms with Gasteiger partial charge in [0.15, 0.2) is 5.69 Å². The Morgan fingerprint density at radius 2 is 1.96 bits per heavy atom. The first-order valence-corrected chi connectivity index (χ1v) is 8.57. The van der Waals surface area contributed by atoms with Gasteiger partial charge in [0.1, 0.15) is 0 Å². The second-order valence-electron chi connectivity index (χ2n) is 6.28. The Morgan fingerprint density at radius 3 is 2.68 bits per heavy atom. The van der Waals surface area contributed by atoms with Crippen LogP contribution in [0.5, 0.6) is 0 Å². The Hall–Kier alpha value is -2.41. The lowest BCUT2D eigenvalue weighted by Crippen LogP contribution is -2.28. The quantitative estimate of drug-likeness (QED) is 0.679. The molecule has 0 aliphatic carbocycles. The Labute approximate surface area is 147 Å². The summed E-state index contributed by atoms with van der Waals surface area (Å²) in [5.41, 5.74) is 0.887. The molecule has 0 unspecified atom stereocenters. The number of fused-ring (bicyclic) bond motifs is 1. The van der Waals surface area contributed by atoms with E-state index in [4.69, 9.17) is 4.74 Å². The van der Waals surface area contributed by atoms with Gasteiger partial charge in [-0.05, 0) is 30.9 Å². The number of methoxy groups -OCH3 is 1. The van der Waals surface area contributed by atoms with Gasteiger partial charge in [-0.15, -0.1) is 0 Å². The highest BCUT2D eigenvalue weighted by atomic mass is 16.5. The number of nitrogens with one attached hydrogen (secondary N) is 2. The third kappa shape index (κ3) is 5.03. The number of carbonyl (C=O) groups is 2. The molecule has 25 heavy (non-hydrogen) atoms. The van der Waals surface area contributed by atoms with E-state index in [9.17, 15) is 9.59 Å². The summed E-state index contributed by atoms with van der Waals surface area (Å²) < 4.78 is 6.61. The third-order valence-electron chi connectivity index (χ3n) is 3.78. The molecule has 2 rings (SSSR count). The minimum atomic E-state index is -0.307. The van der Waals surface area contributed by atoms with Gasteiger partial charge in [-0.2, -0.15) is 0 Å². The Balaban J connectivity index is 2.16. The highest BCUT2D eigenvalue weighted by Crippen LogP contribution is 2.13. The average Bonchev–Trinajstić information content (AvgIpc) is 2.98. The van der Waals surface area contributed by atoms with Crippen molar-refractivity contribution in [1.82, 2.24) is 20.0 Å². The highest BCUT2D eigenvalue weighted by Gasteiger charge is 2.20. The van der Waals surface area contributed by atoms with Crippen LogP contribution in [0.2, 0.25) is 0 Å². The van der Waals surface area contributed by atoms with Crippen LogP contribution >= 0.6 is 0 Å². The fraction of sp³-hybridized carbons (Fsp3) is 0.500. The summed E-state index contributed by atoms with van der Waals surface area (Å²) in [7, 11) is 1.62. The van der Waals surface area contributed by atoms with E-state index < -0.39 is 0 Å². The molecular formula is C18H26N4O3. The van der Waals surface area contributed by atoms with Crippen LogP contribution in [0, 0.1) is 5.92 Å². The van der Waals surface area contributed by atoms with Crippen molar-refractivity contribution >= 4 is 17.3 Å². The monoisotopic (exact) mass is 346 g/mol. The molecule has 0 spiro atoms. The van der Waals surface area contributed by atoms with E-state index in [1.54, 1.807) is 29.8 Å². The number of nitrogens with zero attached hydrogens (tertiary/aromatic N) is 2. The van der Waals surface area contributed by atoms with E-state index >= 15 is 0 Å². The van der Waals surface area contributed by atoms with Gasteiger partial charge in [-0.1, -0.05) is 19.9 Å². The molecule has 0 bridgehead atoms. The molecule has 136 valence electrons. The topological polar surface area (TPSA) is 84.7 Å². The van der Waals surface area contributed by atoms with Crippen LogP contribution in [-0.4, -0.2) is 48.0 Å². The summed E-state index contributed by atoms with van der Waals surface area (Å²) in [6.45, 7) is 5.85. The third-order valence-corrected chi connectivity index (χ3v) is 3.78. The van der Waals surface area contributed by atoms with E-state index in [0.717, 1.165) is 6.42 Å². The Bertz CT molecular complexity index is 724. The van der Waals surface area contributed by atoms with Crippen LogP contribution in [0.3, 0.4) is 0 Å². The van der Waals surface area contributed by atoms with Crippen molar-refractivity contribution in [2.24, 2.45) is 5.92 Å². The van der Waals surface area contributed by atoms with Gasteiger partial charge >= 0.3 is 0 Å². The standard InChI is InChI=1S/C18H26N4O3/c1-13(2)8-10-20-17(23)15-14-7-4-5-11-22(14)16(21-15)18(24)19-9-6-12-25-3/h4-5,7,11,13H,6,8-10,12H2,1-3H3,(H,19,24)(H,20,23). The molecule has 0 saturated heterocycles. The minimum absolute atomic E-state index is 0.210. The van der Waals surface area contributed by atoms with Gasteiger partial charge in [-0.25, -0.2) is 4.98 Å². The predicted octanol–water partition coefficient (Wildman–Crippen LogP) is 1.88. The van der Waals surface area contributed by atoms with Crippen molar-refractivity contribution in [3.8, 4) is 0 Å². The molecule has 0 saturated carbocycles. The molecule has 0 radical (unpaired) electrons. The second-order valence-corrected chi connectivity index (χ2v) is 6.28. The van der Waals surface area contributed by atoms with Gasteiger partial charge in [0, 0.05) is 33.0 Å². The molecule has 0 fully saturated rings. The summed E-state index contributed by atoms with van der Waals surface area (Å²) in [5, 5.41) is 5.67. The maximum Gasteiger partial charge on any atom is 0.287 e. The van der Waals surface area contributed by atoms with Crippen molar-refractivity contribution in [1.29, 1.82) is 0 Å². The number of hydrogen-bond donors (Lipinski definition) is 2. The van der Waals surface area contributed by atoms with Gasteiger partial charge in [0.25, 0.3) is 11.8 Å². The Morgan fingerprint density at radius 1 is 1.20 bits per heavy atom. The number of hydrogen-bond acceptors (Lipinski definition) is 4. The molecule has 2 amide bonds. The van der Waals surface area contributed by atoms with Crippen molar-refractivity contribution in [2.75, 3.05) is 26.8 Å². The molecule has 2 heterocycles. The maximum atomic E-state index is 12.4. The van der Waals surface area contributed by atoms with E-state index in [-0.39, 0.29) is 23.3 Å². The zero-order valence-corrected chi connectivity index (χ0v) is 15.0. The lowest BCUT2D eigenvalue weighted by Gasteiger charge is -2.05. The number of pyridine rings is 1. The van der Waals surface area contributed by atoms with Crippen LogP contribution in [0.25, 0.3) is 5.52 Å². The fourth-order valence-electron chi connectivity index (χ4n) is 2.42. The zero-order chi connectivity index (χ0) is 18.2. The maximum absolute atomic E-state index is 12.4. The SMILES string of the molecule is COCCCNC(=O)c1nc(C(=O)NCCC(C)C)c2ccccn12.